The lowest BCUT2D eigenvalue weighted by molar-refractivity contribution is 0.370. The first-order valence-electron chi connectivity index (χ1n) is 9.14. The van der Waals surface area contributed by atoms with E-state index in [9.17, 15) is 8.42 Å². The Morgan fingerprint density at radius 3 is 2.35 bits per heavy atom. The van der Waals surface area contributed by atoms with Crippen LogP contribution in [0.3, 0.4) is 0 Å². The minimum absolute atomic E-state index is 0.00339. The highest BCUT2D eigenvalue weighted by Crippen LogP contribution is 2.28. The summed E-state index contributed by atoms with van der Waals surface area (Å²) in [4.78, 5) is 6.68. The van der Waals surface area contributed by atoms with E-state index in [0.29, 0.717) is 12.0 Å². The van der Waals surface area contributed by atoms with Crippen LogP contribution in [0.15, 0.2) is 29.3 Å². The lowest BCUT2D eigenvalue weighted by Gasteiger charge is -2.23. The number of sulfonamides is 1. The van der Waals surface area contributed by atoms with Gasteiger partial charge < -0.3 is 10.2 Å². The molecule has 0 saturated carbocycles. The molecule has 6 nitrogen and oxygen atoms in total. The Kier molecular flexibility index (Phi) is 6.69. The van der Waals surface area contributed by atoms with Gasteiger partial charge in [0.05, 0.1) is 5.75 Å². The van der Waals surface area contributed by atoms with E-state index in [1.807, 2.05) is 45.2 Å². The Morgan fingerprint density at radius 2 is 1.85 bits per heavy atom. The SMILES string of the molecule is CN=C(NCc1ccc(CS(=O)(=O)NC(C)C)cc1)N1CCC(C)(C)C1. The molecule has 0 bridgehead atoms. The fraction of sp³-hybridized carbons (Fsp3) is 0.632. The Morgan fingerprint density at radius 1 is 1.23 bits per heavy atom. The van der Waals surface area contributed by atoms with E-state index in [1.165, 1.54) is 6.42 Å². The van der Waals surface area contributed by atoms with Crippen LogP contribution in [-0.4, -0.2) is 45.5 Å². The standard InChI is InChI=1S/C19H32N4O2S/c1-15(2)22-26(24,25)13-17-8-6-16(7-9-17)12-21-18(20-5)23-11-10-19(3,4)14-23/h6-9,15,22H,10-14H2,1-5H3,(H,20,21). The molecule has 0 atom stereocenters. The second kappa shape index (κ2) is 8.39. The van der Waals surface area contributed by atoms with Gasteiger partial charge in [-0.25, -0.2) is 13.1 Å². The largest absolute Gasteiger partial charge is 0.352 e. The van der Waals surface area contributed by atoms with Gasteiger partial charge in [0.1, 0.15) is 0 Å². The van der Waals surface area contributed by atoms with Crippen molar-refractivity contribution in [3.63, 3.8) is 0 Å². The van der Waals surface area contributed by atoms with Gasteiger partial charge in [0.2, 0.25) is 10.0 Å². The average Bonchev–Trinajstić information content (AvgIpc) is 2.88. The van der Waals surface area contributed by atoms with Crippen LogP contribution in [0, 0.1) is 5.41 Å². The van der Waals surface area contributed by atoms with Crippen molar-refractivity contribution in [1.82, 2.24) is 14.9 Å². The zero-order valence-corrected chi connectivity index (χ0v) is 17.4. The maximum atomic E-state index is 12.0. The van der Waals surface area contributed by atoms with Crippen molar-refractivity contribution in [2.45, 2.75) is 52.5 Å². The lowest BCUT2D eigenvalue weighted by Crippen LogP contribution is -2.40. The zero-order chi connectivity index (χ0) is 19.4. The van der Waals surface area contributed by atoms with E-state index in [1.54, 1.807) is 0 Å². The Balaban J connectivity index is 1.91. The summed E-state index contributed by atoms with van der Waals surface area (Å²) in [5, 5.41) is 3.40. The first-order chi connectivity index (χ1) is 12.1. The number of aliphatic imine (C=N–C) groups is 1. The van der Waals surface area contributed by atoms with Crippen LogP contribution in [0.4, 0.5) is 0 Å². The molecule has 1 saturated heterocycles. The van der Waals surface area contributed by atoms with E-state index in [4.69, 9.17) is 0 Å². The molecule has 2 rings (SSSR count). The normalized spacial score (nSPS) is 17.8. The number of rotatable bonds is 6. The maximum absolute atomic E-state index is 12.0. The fourth-order valence-electron chi connectivity index (χ4n) is 3.18. The van der Waals surface area contributed by atoms with Crippen molar-refractivity contribution in [2.75, 3.05) is 20.1 Å². The van der Waals surface area contributed by atoms with E-state index >= 15 is 0 Å². The predicted molar refractivity (Wildman–Crippen MR) is 108 cm³/mol. The highest BCUT2D eigenvalue weighted by Gasteiger charge is 2.30. The number of hydrogen-bond donors (Lipinski definition) is 2. The minimum Gasteiger partial charge on any atom is -0.352 e. The summed E-state index contributed by atoms with van der Waals surface area (Å²) >= 11 is 0. The first-order valence-corrected chi connectivity index (χ1v) is 10.8. The molecule has 7 heteroatoms. The molecule has 0 amide bonds. The zero-order valence-electron chi connectivity index (χ0n) is 16.5. The van der Waals surface area contributed by atoms with Gasteiger partial charge in [-0.05, 0) is 36.8 Å². The number of nitrogens with one attached hydrogen (secondary N) is 2. The summed E-state index contributed by atoms with van der Waals surface area (Å²) in [6, 6.07) is 7.59. The summed E-state index contributed by atoms with van der Waals surface area (Å²) in [5.74, 6) is 0.923. The van der Waals surface area contributed by atoms with Crippen molar-refractivity contribution >= 4 is 16.0 Å². The quantitative estimate of drug-likeness (QED) is 0.587. The average molecular weight is 381 g/mol. The fourth-order valence-corrected chi connectivity index (χ4v) is 4.61. The third kappa shape index (κ3) is 6.29. The summed E-state index contributed by atoms with van der Waals surface area (Å²) < 4.78 is 26.6. The van der Waals surface area contributed by atoms with Crippen LogP contribution in [0.25, 0.3) is 0 Å². The molecule has 26 heavy (non-hydrogen) atoms. The number of guanidine groups is 1. The van der Waals surface area contributed by atoms with Crippen LogP contribution in [0.2, 0.25) is 0 Å². The second-order valence-electron chi connectivity index (χ2n) is 8.08. The molecule has 0 aliphatic carbocycles. The molecule has 0 aromatic heterocycles. The minimum atomic E-state index is -3.29. The van der Waals surface area contributed by atoms with Crippen molar-refractivity contribution in [3.05, 3.63) is 35.4 Å². The van der Waals surface area contributed by atoms with Crippen molar-refractivity contribution in [3.8, 4) is 0 Å². The molecule has 146 valence electrons. The van der Waals surface area contributed by atoms with E-state index < -0.39 is 10.0 Å². The van der Waals surface area contributed by atoms with Gasteiger partial charge in [0.15, 0.2) is 5.96 Å². The van der Waals surface area contributed by atoms with Gasteiger partial charge in [0, 0.05) is 32.7 Å². The van der Waals surface area contributed by atoms with Crippen LogP contribution < -0.4 is 10.0 Å². The smallest absolute Gasteiger partial charge is 0.216 e. The van der Waals surface area contributed by atoms with Gasteiger partial charge >= 0.3 is 0 Å². The molecule has 1 aromatic rings. The van der Waals surface area contributed by atoms with Crippen molar-refractivity contribution in [1.29, 1.82) is 0 Å². The molecule has 1 aliphatic heterocycles. The van der Waals surface area contributed by atoms with E-state index in [-0.39, 0.29) is 11.8 Å². The van der Waals surface area contributed by atoms with Crippen LogP contribution in [0.5, 0.6) is 0 Å². The number of nitrogens with zero attached hydrogens (tertiary/aromatic N) is 2. The van der Waals surface area contributed by atoms with Crippen LogP contribution in [-0.2, 0) is 22.3 Å². The molecule has 0 radical (unpaired) electrons. The number of hydrogen-bond acceptors (Lipinski definition) is 3. The predicted octanol–water partition coefficient (Wildman–Crippen LogP) is 2.32. The molecule has 2 N–H and O–H groups in total. The van der Waals surface area contributed by atoms with Gasteiger partial charge in [-0.3, -0.25) is 4.99 Å². The molecule has 0 unspecified atom stereocenters. The summed E-state index contributed by atoms with van der Waals surface area (Å²) in [5.41, 5.74) is 2.21. The van der Waals surface area contributed by atoms with Crippen molar-refractivity contribution in [2.24, 2.45) is 10.4 Å². The first kappa shape index (κ1) is 20.7. The van der Waals surface area contributed by atoms with E-state index in [0.717, 1.165) is 30.2 Å². The second-order valence-corrected chi connectivity index (χ2v) is 9.84. The third-order valence-corrected chi connectivity index (χ3v) is 5.98. The van der Waals surface area contributed by atoms with Gasteiger partial charge in [-0.15, -0.1) is 0 Å². The molecular formula is C19H32N4O2S. The molecule has 1 fully saturated rings. The van der Waals surface area contributed by atoms with Gasteiger partial charge in [-0.1, -0.05) is 38.1 Å². The highest BCUT2D eigenvalue weighted by atomic mass is 32.2. The monoisotopic (exact) mass is 380 g/mol. The number of likely N-dealkylation sites (tertiary alicyclic amines) is 1. The Labute approximate surface area is 158 Å². The van der Waals surface area contributed by atoms with Crippen LogP contribution in [0.1, 0.15) is 45.2 Å². The third-order valence-electron chi connectivity index (χ3n) is 4.43. The van der Waals surface area contributed by atoms with Crippen molar-refractivity contribution < 1.29 is 8.42 Å². The molecule has 1 aliphatic rings. The molecular weight excluding hydrogens is 348 g/mol. The highest BCUT2D eigenvalue weighted by molar-refractivity contribution is 7.88. The Bertz CT molecular complexity index is 724. The maximum Gasteiger partial charge on any atom is 0.216 e. The Hall–Kier alpha value is -1.60. The molecule has 1 heterocycles. The van der Waals surface area contributed by atoms with Crippen LogP contribution >= 0.6 is 0 Å². The lowest BCUT2D eigenvalue weighted by atomic mass is 9.93. The van der Waals surface area contributed by atoms with Gasteiger partial charge in [-0.2, -0.15) is 0 Å². The summed E-state index contributed by atoms with van der Waals surface area (Å²) in [6.45, 7) is 10.9. The summed E-state index contributed by atoms with van der Waals surface area (Å²) in [6.07, 6.45) is 1.17. The summed E-state index contributed by atoms with van der Waals surface area (Å²) in [7, 11) is -1.48. The van der Waals surface area contributed by atoms with Gasteiger partial charge in [0.25, 0.3) is 0 Å². The molecule has 1 aromatic carbocycles. The topological polar surface area (TPSA) is 73.8 Å². The van der Waals surface area contributed by atoms with E-state index in [2.05, 4.69) is 33.8 Å². The number of benzene rings is 1. The molecule has 0 spiro atoms.